The van der Waals surface area contributed by atoms with Crippen LogP contribution in [0.5, 0.6) is 5.75 Å². The van der Waals surface area contributed by atoms with Gasteiger partial charge in [-0.05, 0) is 44.2 Å². The summed E-state index contributed by atoms with van der Waals surface area (Å²) in [5.74, 6) is 1.01. The predicted octanol–water partition coefficient (Wildman–Crippen LogP) is 2.22. The van der Waals surface area contributed by atoms with Crippen LogP contribution in [0.25, 0.3) is 16.9 Å². The minimum atomic E-state index is 0.0548. The van der Waals surface area contributed by atoms with Crippen LogP contribution in [-0.2, 0) is 0 Å². The molecule has 0 radical (unpaired) electrons. The number of benzene rings is 1. The molecular weight excluding hydrogens is 328 g/mol. The van der Waals surface area contributed by atoms with Crippen molar-refractivity contribution in [2.24, 2.45) is 0 Å². The highest BCUT2D eigenvalue weighted by atomic mass is 16.3. The van der Waals surface area contributed by atoms with E-state index in [2.05, 4.69) is 39.4 Å². The van der Waals surface area contributed by atoms with Crippen LogP contribution in [0.3, 0.4) is 0 Å². The average molecular weight is 350 g/mol. The fourth-order valence-corrected chi connectivity index (χ4v) is 3.28. The summed E-state index contributed by atoms with van der Waals surface area (Å²) in [6.45, 7) is 7.07. The molecule has 1 saturated heterocycles. The maximum atomic E-state index is 10.4. The minimum absolute atomic E-state index is 0.0548. The van der Waals surface area contributed by atoms with Gasteiger partial charge in [0, 0.05) is 49.2 Å². The van der Waals surface area contributed by atoms with Crippen LogP contribution in [-0.4, -0.2) is 50.3 Å². The normalized spacial score (nSPS) is 16.6. The predicted molar refractivity (Wildman–Crippen MR) is 101 cm³/mol. The van der Waals surface area contributed by atoms with E-state index in [9.17, 15) is 5.11 Å². The van der Waals surface area contributed by atoms with Crippen molar-refractivity contribution in [1.82, 2.24) is 25.3 Å². The van der Waals surface area contributed by atoms with Gasteiger partial charge < -0.3 is 15.3 Å². The Hall–Kier alpha value is -2.93. The van der Waals surface area contributed by atoms with Crippen molar-refractivity contribution in [3.05, 3.63) is 48.8 Å². The van der Waals surface area contributed by atoms with E-state index in [0.717, 1.165) is 31.1 Å². The molecule has 0 bridgehead atoms. The highest BCUT2D eigenvalue weighted by Crippen LogP contribution is 2.30. The summed E-state index contributed by atoms with van der Waals surface area (Å²) in [7, 11) is 0. The molecule has 7 nitrogen and oxygen atoms in total. The molecule has 1 aliphatic rings. The van der Waals surface area contributed by atoms with Gasteiger partial charge in [0.15, 0.2) is 5.82 Å². The van der Waals surface area contributed by atoms with Crippen molar-refractivity contribution >= 4 is 5.82 Å². The third-order valence-corrected chi connectivity index (χ3v) is 4.57. The van der Waals surface area contributed by atoms with E-state index in [1.165, 1.54) is 0 Å². The Morgan fingerprint density at radius 3 is 2.69 bits per heavy atom. The van der Waals surface area contributed by atoms with Crippen molar-refractivity contribution in [1.29, 1.82) is 0 Å². The van der Waals surface area contributed by atoms with E-state index in [1.807, 2.05) is 36.5 Å². The fourth-order valence-electron chi connectivity index (χ4n) is 3.28. The molecule has 134 valence electrons. The number of aromatic nitrogens is 4. The average Bonchev–Trinajstić information content (AvgIpc) is 3.16. The molecule has 4 rings (SSSR count). The third-order valence-electron chi connectivity index (χ3n) is 4.57. The first kappa shape index (κ1) is 16.5. The van der Waals surface area contributed by atoms with Crippen LogP contribution in [0.2, 0.25) is 0 Å². The maximum Gasteiger partial charge on any atom is 0.151 e. The molecule has 3 aromatic rings. The van der Waals surface area contributed by atoms with Gasteiger partial charge in [-0.1, -0.05) is 0 Å². The fraction of sp³-hybridized carbons (Fsp3) is 0.316. The van der Waals surface area contributed by atoms with Gasteiger partial charge >= 0.3 is 0 Å². The number of rotatable bonds is 3. The Bertz CT molecular complexity index is 889. The second kappa shape index (κ2) is 6.42. The minimum Gasteiger partial charge on any atom is -0.507 e. The third kappa shape index (κ3) is 3.25. The standard InChI is InChI=1S/C19H22N6O/c1-19(2)13-24(11-9-20-19)18-7-6-16(22-23-18)15-5-4-14(12-17(15)26)25-10-3-8-21-25/h3-8,10,12,20,26H,9,11,13H2,1-2H3. The van der Waals surface area contributed by atoms with Crippen molar-refractivity contribution in [2.45, 2.75) is 19.4 Å². The van der Waals surface area contributed by atoms with Crippen LogP contribution in [0.1, 0.15) is 13.8 Å². The summed E-state index contributed by atoms with van der Waals surface area (Å²) >= 11 is 0. The van der Waals surface area contributed by atoms with E-state index in [4.69, 9.17) is 0 Å². The zero-order chi connectivity index (χ0) is 18.1. The SMILES string of the molecule is CC1(C)CN(c2ccc(-c3ccc(-n4cccn4)cc3O)nn2)CCN1. The maximum absolute atomic E-state index is 10.4. The highest BCUT2D eigenvalue weighted by molar-refractivity contribution is 5.69. The van der Waals surface area contributed by atoms with Crippen LogP contribution >= 0.6 is 0 Å². The number of anilines is 1. The lowest BCUT2D eigenvalue weighted by atomic mass is 10.0. The van der Waals surface area contributed by atoms with Gasteiger partial charge in [-0.25, -0.2) is 4.68 Å². The molecule has 26 heavy (non-hydrogen) atoms. The summed E-state index contributed by atoms with van der Waals surface area (Å²) in [6, 6.07) is 11.1. The molecular formula is C19H22N6O. The number of hydrogen-bond acceptors (Lipinski definition) is 6. The molecule has 0 saturated carbocycles. The molecule has 1 aliphatic heterocycles. The largest absolute Gasteiger partial charge is 0.507 e. The van der Waals surface area contributed by atoms with E-state index < -0.39 is 0 Å². The van der Waals surface area contributed by atoms with Gasteiger partial charge in [0.2, 0.25) is 0 Å². The Balaban J connectivity index is 1.57. The molecule has 7 heteroatoms. The lowest BCUT2D eigenvalue weighted by Crippen LogP contribution is -2.57. The van der Waals surface area contributed by atoms with E-state index in [1.54, 1.807) is 16.9 Å². The molecule has 3 heterocycles. The van der Waals surface area contributed by atoms with Gasteiger partial charge in [-0.3, -0.25) is 0 Å². The van der Waals surface area contributed by atoms with Crippen LogP contribution < -0.4 is 10.2 Å². The molecule has 0 amide bonds. The van der Waals surface area contributed by atoms with Crippen molar-refractivity contribution in [2.75, 3.05) is 24.5 Å². The summed E-state index contributed by atoms with van der Waals surface area (Å²) < 4.78 is 1.70. The second-order valence-corrected chi connectivity index (χ2v) is 7.16. The molecule has 0 spiro atoms. The van der Waals surface area contributed by atoms with Crippen molar-refractivity contribution in [3.63, 3.8) is 0 Å². The van der Waals surface area contributed by atoms with Gasteiger partial charge in [-0.15, -0.1) is 10.2 Å². The Morgan fingerprint density at radius 2 is 2.04 bits per heavy atom. The lowest BCUT2D eigenvalue weighted by molar-refractivity contribution is 0.351. The van der Waals surface area contributed by atoms with Gasteiger partial charge in [-0.2, -0.15) is 5.10 Å². The Kier molecular flexibility index (Phi) is 4.08. The highest BCUT2D eigenvalue weighted by Gasteiger charge is 2.26. The van der Waals surface area contributed by atoms with Gasteiger partial charge in [0.05, 0.1) is 11.4 Å². The Morgan fingerprint density at radius 1 is 1.15 bits per heavy atom. The molecule has 1 fully saturated rings. The van der Waals surface area contributed by atoms with E-state index >= 15 is 0 Å². The smallest absolute Gasteiger partial charge is 0.151 e. The summed E-state index contributed by atoms with van der Waals surface area (Å²) in [5.41, 5.74) is 2.15. The number of nitrogens with zero attached hydrogens (tertiary/aromatic N) is 5. The Labute approximate surface area is 152 Å². The second-order valence-electron chi connectivity index (χ2n) is 7.16. The van der Waals surface area contributed by atoms with E-state index in [-0.39, 0.29) is 11.3 Å². The first-order chi connectivity index (χ1) is 12.5. The number of hydrogen-bond donors (Lipinski definition) is 2. The van der Waals surface area contributed by atoms with Crippen molar-refractivity contribution < 1.29 is 5.11 Å². The lowest BCUT2D eigenvalue weighted by Gasteiger charge is -2.39. The molecule has 0 aliphatic carbocycles. The number of phenols is 1. The van der Waals surface area contributed by atoms with Gasteiger partial charge in [0.1, 0.15) is 5.75 Å². The zero-order valence-corrected chi connectivity index (χ0v) is 14.9. The summed E-state index contributed by atoms with van der Waals surface area (Å²) in [5, 5.41) is 26.8. The molecule has 2 aromatic heterocycles. The van der Waals surface area contributed by atoms with Crippen LogP contribution in [0.15, 0.2) is 48.8 Å². The van der Waals surface area contributed by atoms with Crippen LogP contribution in [0, 0.1) is 0 Å². The molecule has 2 N–H and O–H groups in total. The molecule has 0 atom stereocenters. The first-order valence-electron chi connectivity index (χ1n) is 8.69. The van der Waals surface area contributed by atoms with Crippen molar-refractivity contribution in [3.8, 4) is 22.7 Å². The molecule has 0 unspecified atom stereocenters. The summed E-state index contributed by atoms with van der Waals surface area (Å²) in [6.07, 6.45) is 3.53. The quantitative estimate of drug-likeness (QED) is 0.754. The van der Waals surface area contributed by atoms with E-state index in [0.29, 0.717) is 11.3 Å². The van der Waals surface area contributed by atoms with Gasteiger partial charge in [0.25, 0.3) is 0 Å². The zero-order valence-electron chi connectivity index (χ0n) is 14.9. The number of piperazine rings is 1. The first-order valence-corrected chi connectivity index (χ1v) is 8.69. The number of aromatic hydroxyl groups is 1. The number of nitrogens with one attached hydrogen (secondary N) is 1. The monoisotopic (exact) mass is 350 g/mol. The molecule has 1 aromatic carbocycles. The topological polar surface area (TPSA) is 79.1 Å². The van der Waals surface area contributed by atoms with Crippen LogP contribution in [0.4, 0.5) is 5.82 Å². The number of phenolic OH excluding ortho intramolecular Hbond substituents is 1. The summed E-state index contributed by atoms with van der Waals surface area (Å²) in [4.78, 5) is 2.23.